The van der Waals surface area contributed by atoms with E-state index in [4.69, 9.17) is 14.9 Å². The summed E-state index contributed by atoms with van der Waals surface area (Å²) in [5, 5.41) is 9.24. The molecule has 0 radical (unpaired) electrons. The Bertz CT molecular complexity index is 846. The molecule has 21 heavy (non-hydrogen) atoms. The maximum Gasteiger partial charge on any atom is 0.292 e. The highest BCUT2D eigenvalue weighted by Gasteiger charge is 2.08. The molecule has 0 aliphatic carbocycles. The number of nitriles is 1. The second-order valence-corrected chi connectivity index (χ2v) is 4.65. The van der Waals surface area contributed by atoms with Gasteiger partial charge >= 0.3 is 0 Å². The van der Waals surface area contributed by atoms with Gasteiger partial charge in [-0.15, -0.1) is 0 Å². The SMILES string of the molecule is COCc1ccc(-c2ccc3oc(N)nc3c2)cc1C#N. The van der Waals surface area contributed by atoms with E-state index >= 15 is 0 Å². The van der Waals surface area contributed by atoms with Gasteiger partial charge in [0.2, 0.25) is 0 Å². The van der Waals surface area contributed by atoms with Crippen LogP contribution in [0.4, 0.5) is 6.01 Å². The van der Waals surface area contributed by atoms with Crippen LogP contribution in [0, 0.1) is 11.3 Å². The Kier molecular flexibility index (Phi) is 3.30. The molecule has 0 saturated heterocycles. The first-order valence-electron chi connectivity index (χ1n) is 6.39. The molecule has 1 heterocycles. The highest BCUT2D eigenvalue weighted by molar-refractivity contribution is 5.81. The van der Waals surface area contributed by atoms with Crippen LogP contribution in [-0.2, 0) is 11.3 Å². The molecule has 0 fully saturated rings. The van der Waals surface area contributed by atoms with E-state index in [0.29, 0.717) is 23.3 Å². The molecule has 0 amide bonds. The number of nitrogens with two attached hydrogens (primary N) is 1. The molecule has 5 heteroatoms. The zero-order valence-electron chi connectivity index (χ0n) is 11.5. The number of nitrogens with zero attached hydrogens (tertiary/aromatic N) is 2. The van der Waals surface area contributed by atoms with E-state index in [9.17, 15) is 5.26 Å². The second kappa shape index (κ2) is 5.27. The smallest absolute Gasteiger partial charge is 0.292 e. The molecule has 0 aliphatic heterocycles. The lowest BCUT2D eigenvalue weighted by atomic mass is 9.99. The van der Waals surface area contributed by atoms with Crippen LogP contribution in [0.3, 0.4) is 0 Å². The first kappa shape index (κ1) is 13.2. The standard InChI is InChI=1S/C16H13N3O2/c1-20-9-12-3-2-10(6-13(12)8-17)11-4-5-15-14(7-11)19-16(18)21-15/h2-7H,9H2,1H3,(H2,18,19). The van der Waals surface area contributed by atoms with Crippen molar-refractivity contribution in [3.63, 3.8) is 0 Å². The van der Waals surface area contributed by atoms with E-state index in [0.717, 1.165) is 16.7 Å². The number of benzene rings is 2. The summed E-state index contributed by atoms with van der Waals surface area (Å²) < 4.78 is 10.3. The number of hydrogen-bond acceptors (Lipinski definition) is 5. The zero-order chi connectivity index (χ0) is 14.8. The van der Waals surface area contributed by atoms with Crippen LogP contribution in [-0.4, -0.2) is 12.1 Å². The lowest BCUT2D eigenvalue weighted by Crippen LogP contribution is -1.93. The van der Waals surface area contributed by atoms with Gasteiger partial charge in [-0.3, -0.25) is 0 Å². The highest BCUT2D eigenvalue weighted by atomic mass is 16.5. The molecule has 2 aromatic carbocycles. The fourth-order valence-corrected chi connectivity index (χ4v) is 2.27. The summed E-state index contributed by atoms with van der Waals surface area (Å²) in [7, 11) is 1.61. The van der Waals surface area contributed by atoms with Gasteiger partial charge in [-0.05, 0) is 34.9 Å². The molecule has 5 nitrogen and oxygen atoms in total. The molecule has 3 aromatic rings. The summed E-state index contributed by atoms with van der Waals surface area (Å²) in [5.41, 5.74) is 10.3. The highest BCUT2D eigenvalue weighted by Crippen LogP contribution is 2.27. The molecular weight excluding hydrogens is 266 g/mol. The van der Waals surface area contributed by atoms with E-state index in [1.54, 1.807) is 7.11 Å². The van der Waals surface area contributed by atoms with Gasteiger partial charge in [0.25, 0.3) is 6.01 Å². The molecule has 0 atom stereocenters. The zero-order valence-corrected chi connectivity index (χ0v) is 11.5. The average molecular weight is 279 g/mol. The van der Waals surface area contributed by atoms with E-state index in [-0.39, 0.29) is 6.01 Å². The van der Waals surface area contributed by atoms with Crippen LogP contribution >= 0.6 is 0 Å². The van der Waals surface area contributed by atoms with Gasteiger partial charge in [-0.25, -0.2) is 0 Å². The number of fused-ring (bicyclic) bond motifs is 1. The molecule has 0 aliphatic rings. The number of nitrogen functional groups attached to an aromatic ring is 1. The number of ether oxygens (including phenoxy) is 1. The number of oxazole rings is 1. The van der Waals surface area contributed by atoms with Crippen LogP contribution in [0.2, 0.25) is 0 Å². The van der Waals surface area contributed by atoms with Crippen molar-refractivity contribution in [3.8, 4) is 17.2 Å². The van der Waals surface area contributed by atoms with Gasteiger partial charge in [-0.1, -0.05) is 18.2 Å². The van der Waals surface area contributed by atoms with E-state index < -0.39 is 0 Å². The summed E-state index contributed by atoms with van der Waals surface area (Å²) in [6.07, 6.45) is 0. The Morgan fingerprint density at radius 3 is 2.76 bits per heavy atom. The summed E-state index contributed by atoms with van der Waals surface area (Å²) >= 11 is 0. The molecule has 104 valence electrons. The van der Waals surface area contributed by atoms with Gasteiger partial charge in [0.1, 0.15) is 5.52 Å². The summed E-state index contributed by atoms with van der Waals surface area (Å²) in [6, 6.07) is 13.7. The fraction of sp³-hybridized carbons (Fsp3) is 0.125. The number of methoxy groups -OCH3 is 1. The monoisotopic (exact) mass is 279 g/mol. The Hall–Kier alpha value is -2.84. The third-order valence-corrected chi connectivity index (χ3v) is 3.27. The minimum Gasteiger partial charge on any atom is -0.424 e. The van der Waals surface area contributed by atoms with Crippen LogP contribution in [0.1, 0.15) is 11.1 Å². The summed E-state index contributed by atoms with van der Waals surface area (Å²) in [6.45, 7) is 0.419. The Labute approximate surface area is 121 Å². The minimum absolute atomic E-state index is 0.148. The van der Waals surface area contributed by atoms with Crippen LogP contribution < -0.4 is 5.73 Å². The van der Waals surface area contributed by atoms with Crippen molar-refractivity contribution in [1.82, 2.24) is 4.98 Å². The third-order valence-electron chi connectivity index (χ3n) is 3.27. The van der Waals surface area contributed by atoms with E-state index in [1.807, 2.05) is 36.4 Å². The number of anilines is 1. The van der Waals surface area contributed by atoms with Gasteiger partial charge < -0.3 is 14.9 Å². The molecular formula is C16H13N3O2. The molecule has 1 aromatic heterocycles. The third kappa shape index (κ3) is 2.45. The average Bonchev–Trinajstić information content (AvgIpc) is 2.87. The normalized spacial score (nSPS) is 10.7. The minimum atomic E-state index is 0.148. The Morgan fingerprint density at radius 1 is 1.24 bits per heavy atom. The molecule has 3 rings (SSSR count). The van der Waals surface area contributed by atoms with Gasteiger partial charge in [0.05, 0.1) is 18.2 Å². The quantitative estimate of drug-likeness (QED) is 0.796. The predicted octanol–water partition coefficient (Wildman–Crippen LogP) is 3.10. The van der Waals surface area contributed by atoms with Crippen molar-refractivity contribution >= 4 is 17.1 Å². The maximum atomic E-state index is 9.24. The van der Waals surface area contributed by atoms with Gasteiger partial charge in [0, 0.05) is 7.11 Å². The molecule has 0 unspecified atom stereocenters. The molecule has 2 N–H and O–H groups in total. The summed E-state index contributed by atoms with van der Waals surface area (Å²) in [4.78, 5) is 4.11. The van der Waals surface area contributed by atoms with Crippen LogP contribution in [0.15, 0.2) is 40.8 Å². The number of aromatic nitrogens is 1. The van der Waals surface area contributed by atoms with Crippen molar-refractivity contribution in [1.29, 1.82) is 5.26 Å². The molecule has 0 bridgehead atoms. The lowest BCUT2D eigenvalue weighted by Gasteiger charge is -2.06. The molecule has 0 saturated carbocycles. The lowest BCUT2D eigenvalue weighted by molar-refractivity contribution is 0.184. The van der Waals surface area contributed by atoms with Crippen LogP contribution in [0.5, 0.6) is 0 Å². The Balaban J connectivity index is 2.07. The van der Waals surface area contributed by atoms with Crippen molar-refractivity contribution in [3.05, 3.63) is 47.5 Å². The van der Waals surface area contributed by atoms with E-state index in [1.165, 1.54) is 0 Å². The first-order valence-corrected chi connectivity index (χ1v) is 6.39. The van der Waals surface area contributed by atoms with Gasteiger partial charge in [-0.2, -0.15) is 10.2 Å². The Morgan fingerprint density at radius 2 is 2.00 bits per heavy atom. The fourth-order valence-electron chi connectivity index (χ4n) is 2.27. The van der Waals surface area contributed by atoms with Gasteiger partial charge in [0.15, 0.2) is 5.58 Å². The topological polar surface area (TPSA) is 85.1 Å². The van der Waals surface area contributed by atoms with Crippen molar-refractivity contribution in [2.24, 2.45) is 0 Å². The van der Waals surface area contributed by atoms with Crippen molar-refractivity contribution in [2.75, 3.05) is 12.8 Å². The first-order chi connectivity index (χ1) is 10.2. The maximum absolute atomic E-state index is 9.24. The van der Waals surface area contributed by atoms with Crippen LogP contribution in [0.25, 0.3) is 22.2 Å². The molecule has 0 spiro atoms. The largest absolute Gasteiger partial charge is 0.424 e. The summed E-state index contributed by atoms with van der Waals surface area (Å²) in [5.74, 6) is 0. The van der Waals surface area contributed by atoms with E-state index in [2.05, 4.69) is 11.1 Å². The predicted molar refractivity (Wildman–Crippen MR) is 79.3 cm³/mol. The second-order valence-electron chi connectivity index (χ2n) is 4.65. The number of hydrogen-bond donors (Lipinski definition) is 1. The van der Waals surface area contributed by atoms with Crippen molar-refractivity contribution < 1.29 is 9.15 Å². The number of rotatable bonds is 3. The van der Waals surface area contributed by atoms with Crippen molar-refractivity contribution in [2.45, 2.75) is 6.61 Å².